The summed E-state index contributed by atoms with van der Waals surface area (Å²) in [6.07, 6.45) is 0.733. The lowest BCUT2D eigenvalue weighted by Crippen LogP contribution is -2.26. The van der Waals surface area contributed by atoms with Gasteiger partial charge in [-0.3, -0.25) is 4.79 Å². The van der Waals surface area contributed by atoms with E-state index in [1.54, 1.807) is 11.3 Å². The first-order valence-electron chi connectivity index (χ1n) is 6.78. The number of carbonyl (C=O) groups is 1. The Bertz CT molecular complexity index is 609. The highest BCUT2D eigenvalue weighted by Gasteiger charge is 2.07. The Morgan fingerprint density at radius 1 is 1.38 bits per heavy atom. The maximum atomic E-state index is 12.1. The number of amides is 1. The number of hydrogen-bond acceptors (Lipinski definition) is 5. The van der Waals surface area contributed by atoms with Gasteiger partial charge in [-0.2, -0.15) is 0 Å². The average Bonchev–Trinajstić information content (AvgIpc) is 2.95. The fourth-order valence-corrected chi connectivity index (χ4v) is 2.57. The smallest absolute Gasteiger partial charge is 0.251 e. The zero-order valence-electron chi connectivity index (χ0n) is 12.5. The number of anilines is 2. The van der Waals surface area contributed by atoms with Gasteiger partial charge in [-0.15, -0.1) is 11.3 Å². The van der Waals surface area contributed by atoms with Gasteiger partial charge in [-0.1, -0.05) is 6.07 Å². The largest absolute Gasteiger partial charge is 0.378 e. The SMILES string of the molecule is CNc1nc(CCNC(=O)c2cccc(N(C)C)c2)cs1. The maximum Gasteiger partial charge on any atom is 0.251 e. The van der Waals surface area contributed by atoms with Crippen molar-refractivity contribution in [2.24, 2.45) is 0 Å². The number of rotatable bonds is 6. The Kier molecular flexibility index (Phi) is 5.16. The van der Waals surface area contributed by atoms with Crippen LogP contribution >= 0.6 is 11.3 Å². The monoisotopic (exact) mass is 304 g/mol. The van der Waals surface area contributed by atoms with Crippen LogP contribution in [0.5, 0.6) is 0 Å². The van der Waals surface area contributed by atoms with E-state index in [1.165, 1.54) is 0 Å². The molecule has 6 heteroatoms. The summed E-state index contributed by atoms with van der Waals surface area (Å²) in [4.78, 5) is 18.5. The Hall–Kier alpha value is -2.08. The second-order valence-corrected chi connectivity index (χ2v) is 5.70. The third-order valence-electron chi connectivity index (χ3n) is 3.06. The minimum absolute atomic E-state index is 0.0530. The van der Waals surface area contributed by atoms with E-state index >= 15 is 0 Å². The van der Waals surface area contributed by atoms with Gasteiger partial charge in [0.05, 0.1) is 5.69 Å². The molecule has 0 saturated heterocycles. The van der Waals surface area contributed by atoms with E-state index in [1.807, 2.05) is 55.7 Å². The zero-order valence-corrected chi connectivity index (χ0v) is 13.3. The molecule has 0 aliphatic carbocycles. The highest BCUT2D eigenvalue weighted by atomic mass is 32.1. The van der Waals surface area contributed by atoms with Gasteiger partial charge in [0.15, 0.2) is 5.13 Å². The number of thiazole rings is 1. The molecule has 0 radical (unpaired) electrons. The number of nitrogens with one attached hydrogen (secondary N) is 2. The van der Waals surface area contributed by atoms with Crippen molar-refractivity contribution in [3.05, 3.63) is 40.9 Å². The molecular formula is C15H20N4OS. The van der Waals surface area contributed by atoms with Crippen LogP contribution < -0.4 is 15.5 Å². The molecule has 0 saturated carbocycles. The van der Waals surface area contributed by atoms with Crippen LogP contribution in [0.1, 0.15) is 16.1 Å². The Labute approximate surface area is 129 Å². The molecule has 2 rings (SSSR count). The summed E-state index contributed by atoms with van der Waals surface area (Å²) in [7, 11) is 5.76. The molecule has 0 atom stereocenters. The van der Waals surface area contributed by atoms with E-state index in [2.05, 4.69) is 15.6 Å². The van der Waals surface area contributed by atoms with Crippen molar-refractivity contribution in [3.63, 3.8) is 0 Å². The molecule has 21 heavy (non-hydrogen) atoms. The fourth-order valence-electron chi connectivity index (χ4n) is 1.87. The summed E-state index contributed by atoms with van der Waals surface area (Å²) in [5.74, 6) is -0.0530. The molecule has 0 fully saturated rings. The maximum absolute atomic E-state index is 12.1. The molecule has 0 bridgehead atoms. The molecule has 1 aromatic carbocycles. The van der Waals surface area contributed by atoms with Crippen LogP contribution in [0.4, 0.5) is 10.8 Å². The molecule has 5 nitrogen and oxygen atoms in total. The normalized spacial score (nSPS) is 10.2. The minimum atomic E-state index is -0.0530. The van der Waals surface area contributed by atoms with Gasteiger partial charge in [0, 0.05) is 50.7 Å². The number of aromatic nitrogens is 1. The van der Waals surface area contributed by atoms with Crippen molar-refractivity contribution in [2.45, 2.75) is 6.42 Å². The molecule has 0 unspecified atom stereocenters. The van der Waals surface area contributed by atoms with Crippen molar-refractivity contribution >= 4 is 28.1 Å². The lowest BCUT2D eigenvalue weighted by Gasteiger charge is -2.13. The summed E-state index contributed by atoms with van der Waals surface area (Å²) in [6.45, 7) is 0.581. The van der Waals surface area contributed by atoms with Crippen LogP contribution in [-0.4, -0.2) is 38.6 Å². The Morgan fingerprint density at radius 2 is 2.19 bits per heavy atom. The minimum Gasteiger partial charge on any atom is -0.378 e. The van der Waals surface area contributed by atoms with Crippen molar-refractivity contribution in [2.75, 3.05) is 37.9 Å². The topological polar surface area (TPSA) is 57.3 Å². The molecule has 112 valence electrons. The first kappa shape index (κ1) is 15.3. The average molecular weight is 304 g/mol. The summed E-state index contributed by atoms with van der Waals surface area (Å²) < 4.78 is 0. The molecule has 2 N–H and O–H groups in total. The standard InChI is InChI=1S/C15H20N4OS/c1-16-15-18-12(10-21-15)7-8-17-14(20)11-5-4-6-13(9-11)19(2)3/h4-6,9-10H,7-8H2,1-3H3,(H,16,18)(H,17,20). The summed E-state index contributed by atoms with van der Waals surface area (Å²) >= 11 is 1.57. The van der Waals surface area contributed by atoms with Gasteiger partial charge < -0.3 is 15.5 Å². The number of nitrogens with zero attached hydrogens (tertiary/aromatic N) is 2. The van der Waals surface area contributed by atoms with Crippen LogP contribution in [0.15, 0.2) is 29.6 Å². The molecule has 0 aliphatic rings. The van der Waals surface area contributed by atoms with E-state index in [9.17, 15) is 4.79 Å². The third kappa shape index (κ3) is 4.19. The lowest BCUT2D eigenvalue weighted by molar-refractivity contribution is 0.0954. The number of hydrogen-bond donors (Lipinski definition) is 2. The van der Waals surface area contributed by atoms with Gasteiger partial charge in [0.1, 0.15) is 0 Å². The molecular weight excluding hydrogens is 284 g/mol. The van der Waals surface area contributed by atoms with Gasteiger partial charge in [0.25, 0.3) is 5.91 Å². The van der Waals surface area contributed by atoms with Crippen LogP contribution in [-0.2, 0) is 6.42 Å². The lowest BCUT2D eigenvalue weighted by atomic mass is 10.2. The molecule has 0 spiro atoms. The summed E-state index contributed by atoms with van der Waals surface area (Å²) in [6, 6.07) is 7.58. The van der Waals surface area contributed by atoms with E-state index in [4.69, 9.17) is 0 Å². The molecule has 2 aromatic rings. The van der Waals surface area contributed by atoms with Gasteiger partial charge in [0.2, 0.25) is 0 Å². The predicted molar refractivity (Wildman–Crippen MR) is 88.5 cm³/mol. The van der Waals surface area contributed by atoms with E-state index in [-0.39, 0.29) is 5.91 Å². The fraction of sp³-hybridized carbons (Fsp3) is 0.333. The first-order valence-corrected chi connectivity index (χ1v) is 7.66. The quantitative estimate of drug-likeness (QED) is 0.859. The van der Waals surface area contributed by atoms with Crippen LogP contribution in [0, 0.1) is 0 Å². The van der Waals surface area contributed by atoms with Crippen LogP contribution in [0.2, 0.25) is 0 Å². The Balaban J connectivity index is 1.88. The molecule has 1 heterocycles. The molecule has 1 amide bonds. The van der Waals surface area contributed by atoms with Crippen molar-refractivity contribution in [3.8, 4) is 0 Å². The van der Waals surface area contributed by atoms with E-state index in [0.29, 0.717) is 12.1 Å². The van der Waals surface area contributed by atoms with Gasteiger partial charge in [-0.25, -0.2) is 4.98 Å². The van der Waals surface area contributed by atoms with Crippen LogP contribution in [0.25, 0.3) is 0 Å². The highest BCUT2D eigenvalue weighted by molar-refractivity contribution is 7.13. The second-order valence-electron chi connectivity index (χ2n) is 4.84. The third-order valence-corrected chi connectivity index (χ3v) is 3.97. The second kappa shape index (κ2) is 7.08. The predicted octanol–water partition coefficient (Wildman–Crippen LogP) is 2.22. The van der Waals surface area contributed by atoms with Crippen LogP contribution in [0.3, 0.4) is 0 Å². The van der Waals surface area contributed by atoms with Gasteiger partial charge >= 0.3 is 0 Å². The number of benzene rings is 1. The Morgan fingerprint density at radius 3 is 2.86 bits per heavy atom. The van der Waals surface area contributed by atoms with Crippen molar-refractivity contribution in [1.29, 1.82) is 0 Å². The van der Waals surface area contributed by atoms with Gasteiger partial charge in [-0.05, 0) is 18.2 Å². The highest BCUT2D eigenvalue weighted by Crippen LogP contribution is 2.15. The zero-order chi connectivity index (χ0) is 15.2. The molecule has 1 aromatic heterocycles. The van der Waals surface area contributed by atoms with Crippen molar-refractivity contribution < 1.29 is 4.79 Å². The summed E-state index contributed by atoms with van der Waals surface area (Å²) in [5, 5.41) is 8.83. The van der Waals surface area contributed by atoms with E-state index in [0.717, 1.165) is 22.9 Å². The first-order chi connectivity index (χ1) is 10.1. The summed E-state index contributed by atoms with van der Waals surface area (Å²) in [5.41, 5.74) is 2.68. The molecule has 0 aliphatic heterocycles. The van der Waals surface area contributed by atoms with Crippen molar-refractivity contribution in [1.82, 2.24) is 10.3 Å². The number of carbonyl (C=O) groups excluding carboxylic acids is 1. The van der Waals surface area contributed by atoms with E-state index < -0.39 is 0 Å².